The molecular formula is C16H22O4S. The summed E-state index contributed by atoms with van der Waals surface area (Å²) in [5.41, 5.74) is 1.02. The van der Waals surface area contributed by atoms with Crippen LogP contribution in [0.3, 0.4) is 0 Å². The maximum atomic E-state index is 12.2. The molecule has 0 aliphatic heterocycles. The molecule has 0 saturated heterocycles. The van der Waals surface area contributed by atoms with E-state index in [1.807, 2.05) is 6.92 Å². The Balaban J connectivity index is 1.65. The molecule has 1 aromatic carbocycles. The minimum atomic E-state index is -3.69. The molecule has 3 aliphatic carbocycles. The van der Waals surface area contributed by atoms with Gasteiger partial charge in [-0.15, -0.1) is 0 Å². The van der Waals surface area contributed by atoms with Crippen LogP contribution in [0.5, 0.6) is 0 Å². The molecule has 5 heteroatoms. The minimum absolute atomic E-state index is 0.160. The van der Waals surface area contributed by atoms with Gasteiger partial charge in [0.1, 0.15) is 0 Å². The van der Waals surface area contributed by atoms with Gasteiger partial charge in [0.15, 0.2) is 0 Å². The van der Waals surface area contributed by atoms with Gasteiger partial charge in [0.25, 0.3) is 10.1 Å². The molecule has 21 heavy (non-hydrogen) atoms. The first-order chi connectivity index (χ1) is 9.95. The summed E-state index contributed by atoms with van der Waals surface area (Å²) >= 11 is 0. The highest BCUT2D eigenvalue weighted by Gasteiger charge is 2.41. The number of aryl methyl sites for hydroxylation is 1. The van der Waals surface area contributed by atoms with Crippen LogP contribution in [0.4, 0.5) is 0 Å². The summed E-state index contributed by atoms with van der Waals surface area (Å²) in [6, 6.07) is 6.68. The number of benzene rings is 1. The average Bonchev–Trinajstić information content (AvgIpc) is 2.46. The molecule has 0 heterocycles. The van der Waals surface area contributed by atoms with Gasteiger partial charge in [-0.1, -0.05) is 17.7 Å². The van der Waals surface area contributed by atoms with E-state index < -0.39 is 10.1 Å². The standard InChI is InChI=1S/C16H22O4S/c1-11-2-5-14(6-3-11)21(18,19)20-10-13-8-12-4-7-15(13)16(17)9-12/h2-3,5-6,12-13,15-17H,4,7-10H2,1H3/t12-,13+,15+,16-/m1/s1. The van der Waals surface area contributed by atoms with E-state index in [0.29, 0.717) is 5.92 Å². The molecular weight excluding hydrogens is 288 g/mol. The van der Waals surface area contributed by atoms with Crippen LogP contribution in [-0.2, 0) is 14.3 Å². The van der Waals surface area contributed by atoms with Gasteiger partial charge in [-0.05, 0) is 62.5 Å². The van der Waals surface area contributed by atoms with E-state index in [9.17, 15) is 13.5 Å². The number of fused-ring (bicyclic) bond motifs is 3. The Hall–Kier alpha value is -0.910. The van der Waals surface area contributed by atoms with E-state index in [0.717, 1.165) is 31.2 Å². The average molecular weight is 310 g/mol. The van der Waals surface area contributed by atoms with Crippen LogP contribution in [0.2, 0.25) is 0 Å². The van der Waals surface area contributed by atoms with E-state index in [2.05, 4.69) is 0 Å². The molecule has 2 bridgehead atoms. The lowest BCUT2D eigenvalue weighted by Crippen LogP contribution is -2.43. The summed E-state index contributed by atoms with van der Waals surface area (Å²) in [5, 5.41) is 10.0. The number of aliphatic hydroxyl groups is 1. The first-order valence-electron chi connectivity index (χ1n) is 7.60. The second-order valence-electron chi connectivity index (χ2n) is 6.46. The molecule has 3 fully saturated rings. The van der Waals surface area contributed by atoms with Crippen molar-refractivity contribution in [1.82, 2.24) is 0 Å². The Kier molecular flexibility index (Phi) is 4.08. The van der Waals surface area contributed by atoms with Crippen molar-refractivity contribution >= 4 is 10.1 Å². The van der Waals surface area contributed by atoms with Gasteiger partial charge in [-0.25, -0.2) is 0 Å². The number of hydrogen-bond donors (Lipinski definition) is 1. The zero-order chi connectivity index (χ0) is 15.0. The van der Waals surface area contributed by atoms with Crippen molar-refractivity contribution in [2.24, 2.45) is 17.8 Å². The largest absolute Gasteiger partial charge is 0.393 e. The lowest BCUT2D eigenvalue weighted by molar-refractivity contribution is -0.0485. The summed E-state index contributed by atoms with van der Waals surface area (Å²) in [5.74, 6) is 0.886. The van der Waals surface area contributed by atoms with E-state index in [4.69, 9.17) is 4.18 Å². The van der Waals surface area contributed by atoms with Gasteiger partial charge in [0, 0.05) is 0 Å². The van der Waals surface area contributed by atoms with Crippen molar-refractivity contribution < 1.29 is 17.7 Å². The highest BCUT2D eigenvalue weighted by molar-refractivity contribution is 7.86. The van der Waals surface area contributed by atoms with E-state index in [1.54, 1.807) is 24.3 Å². The SMILES string of the molecule is Cc1ccc(S(=O)(=O)OC[C@@H]2C[C@H]3CC[C@@H]2[C@H](O)C3)cc1. The third kappa shape index (κ3) is 3.15. The van der Waals surface area contributed by atoms with E-state index in [1.165, 1.54) is 0 Å². The molecule has 4 nitrogen and oxygen atoms in total. The smallest absolute Gasteiger partial charge is 0.296 e. The van der Waals surface area contributed by atoms with Gasteiger partial charge in [0.2, 0.25) is 0 Å². The quantitative estimate of drug-likeness (QED) is 0.868. The van der Waals surface area contributed by atoms with Crippen LogP contribution in [0.1, 0.15) is 31.2 Å². The van der Waals surface area contributed by atoms with E-state index in [-0.39, 0.29) is 29.4 Å². The molecule has 116 valence electrons. The van der Waals surface area contributed by atoms with Crippen molar-refractivity contribution in [1.29, 1.82) is 0 Å². The highest BCUT2D eigenvalue weighted by atomic mass is 32.2. The molecule has 3 aliphatic rings. The summed E-state index contributed by atoms with van der Waals surface area (Å²) in [4.78, 5) is 0.203. The Morgan fingerprint density at radius 3 is 2.52 bits per heavy atom. The Morgan fingerprint density at radius 2 is 1.90 bits per heavy atom. The molecule has 1 aromatic rings. The predicted octanol–water partition coefficient (Wildman–Crippen LogP) is 2.50. The first-order valence-corrected chi connectivity index (χ1v) is 9.01. The normalized spacial score (nSPS) is 32.3. The summed E-state index contributed by atoms with van der Waals surface area (Å²) in [6.45, 7) is 2.10. The molecule has 0 aromatic heterocycles. The van der Waals surface area contributed by atoms with Crippen LogP contribution >= 0.6 is 0 Å². The van der Waals surface area contributed by atoms with Crippen molar-refractivity contribution in [3.63, 3.8) is 0 Å². The minimum Gasteiger partial charge on any atom is -0.393 e. The first kappa shape index (κ1) is 15.0. The maximum Gasteiger partial charge on any atom is 0.296 e. The fourth-order valence-electron chi connectivity index (χ4n) is 3.76. The Morgan fingerprint density at radius 1 is 1.19 bits per heavy atom. The predicted molar refractivity (Wildman–Crippen MR) is 79.3 cm³/mol. The molecule has 4 atom stereocenters. The molecule has 0 spiro atoms. The van der Waals surface area contributed by atoms with Crippen LogP contribution in [0, 0.1) is 24.7 Å². The van der Waals surface area contributed by atoms with Crippen LogP contribution < -0.4 is 0 Å². The zero-order valence-electron chi connectivity index (χ0n) is 12.2. The summed E-state index contributed by atoms with van der Waals surface area (Å²) in [6.07, 6.45) is 3.71. The maximum absolute atomic E-state index is 12.2. The number of hydrogen-bond acceptors (Lipinski definition) is 4. The van der Waals surface area contributed by atoms with E-state index >= 15 is 0 Å². The zero-order valence-corrected chi connectivity index (χ0v) is 13.1. The molecule has 0 radical (unpaired) electrons. The highest BCUT2D eigenvalue weighted by Crippen LogP contribution is 2.45. The Bertz CT molecular complexity index is 593. The van der Waals surface area contributed by atoms with Gasteiger partial charge >= 0.3 is 0 Å². The topological polar surface area (TPSA) is 63.6 Å². The molecule has 0 unspecified atom stereocenters. The lowest BCUT2D eigenvalue weighted by Gasteiger charge is -2.45. The second kappa shape index (κ2) is 5.71. The van der Waals surface area contributed by atoms with Gasteiger partial charge in [-0.2, -0.15) is 8.42 Å². The van der Waals surface area contributed by atoms with Crippen LogP contribution in [0.25, 0.3) is 0 Å². The van der Waals surface area contributed by atoms with Crippen LogP contribution in [0.15, 0.2) is 29.2 Å². The van der Waals surface area contributed by atoms with Gasteiger partial charge in [0.05, 0.1) is 17.6 Å². The van der Waals surface area contributed by atoms with Gasteiger partial charge in [-0.3, -0.25) is 4.18 Å². The van der Waals surface area contributed by atoms with Crippen LogP contribution in [-0.4, -0.2) is 26.2 Å². The Labute approximate surface area is 126 Å². The number of aliphatic hydroxyl groups excluding tert-OH is 1. The fourth-order valence-corrected chi connectivity index (χ4v) is 4.72. The van der Waals surface area contributed by atoms with Crippen molar-refractivity contribution in [3.05, 3.63) is 29.8 Å². The van der Waals surface area contributed by atoms with Crippen molar-refractivity contribution in [3.8, 4) is 0 Å². The lowest BCUT2D eigenvalue weighted by atomic mass is 9.63. The van der Waals surface area contributed by atoms with Gasteiger partial charge < -0.3 is 5.11 Å². The third-order valence-electron chi connectivity index (χ3n) is 4.97. The monoisotopic (exact) mass is 310 g/mol. The second-order valence-corrected chi connectivity index (χ2v) is 8.07. The third-order valence-corrected chi connectivity index (χ3v) is 6.26. The molecule has 3 saturated carbocycles. The summed E-state index contributed by atoms with van der Waals surface area (Å²) < 4.78 is 29.6. The molecule has 1 N–H and O–H groups in total. The number of rotatable bonds is 4. The fraction of sp³-hybridized carbons (Fsp3) is 0.625. The van der Waals surface area contributed by atoms with Crippen molar-refractivity contribution in [2.45, 2.75) is 43.6 Å². The molecule has 4 rings (SSSR count). The summed E-state index contributed by atoms with van der Waals surface area (Å²) in [7, 11) is -3.69. The molecule has 0 amide bonds. The van der Waals surface area contributed by atoms with Crippen molar-refractivity contribution in [2.75, 3.05) is 6.61 Å².